The number of likely N-dealkylation sites (tertiary alicyclic amines) is 1. The number of rotatable bonds is 4. The molecule has 0 saturated carbocycles. The minimum absolute atomic E-state index is 0. The maximum Gasteiger partial charge on any atom is 0.172 e. The van der Waals surface area contributed by atoms with Gasteiger partial charge in [0.1, 0.15) is 0 Å². The average molecular weight is 407 g/mol. The Morgan fingerprint density at radius 2 is 2.04 bits per heavy atom. The van der Waals surface area contributed by atoms with Gasteiger partial charge in [-0.25, -0.2) is 0 Å². The first kappa shape index (κ1) is 18.8. The summed E-state index contributed by atoms with van der Waals surface area (Å²) in [7, 11) is 1.57. The Kier molecular flexibility index (Phi) is 6.98. The van der Waals surface area contributed by atoms with E-state index < -0.39 is 0 Å². The van der Waals surface area contributed by atoms with Crippen LogP contribution in [0.25, 0.3) is 0 Å². The number of ether oxygens (including phenoxy) is 1. The van der Waals surface area contributed by atoms with E-state index in [-0.39, 0.29) is 18.2 Å². The molecule has 130 valence electrons. The van der Waals surface area contributed by atoms with Gasteiger partial charge in [-0.05, 0) is 34.0 Å². The van der Waals surface area contributed by atoms with E-state index in [0.717, 1.165) is 55.8 Å². The van der Waals surface area contributed by atoms with E-state index >= 15 is 0 Å². The van der Waals surface area contributed by atoms with Crippen molar-refractivity contribution in [2.75, 3.05) is 46.4 Å². The Morgan fingerprint density at radius 1 is 1.30 bits per heavy atom. The van der Waals surface area contributed by atoms with Crippen LogP contribution in [0, 0.1) is 0 Å². The molecule has 1 atom stereocenters. The standard InChI is InChI=1S/C16H24BrN3O2.ClH/c1-22-14-3-2-12(15(17)16(14)21)10-19-7-4-13(11-19)20-8-5-18-6-9-20;/h2-3,13,18,21H,4-11H2,1H3;1H. The van der Waals surface area contributed by atoms with Crippen molar-refractivity contribution in [2.24, 2.45) is 0 Å². The summed E-state index contributed by atoms with van der Waals surface area (Å²) in [5.74, 6) is 0.702. The number of aromatic hydroxyl groups is 1. The molecule has 1 aromatic rings. The minimum Gasteiger partial charge on any atom is -0.503 e. The molecule has 0 spiro atoms. The van der Waals surface area contributed by atoms with Crippen LogP contribution in [-0.4, -0.2) is 67.3 Å². The Morgan fingerprint density at radius 3 is 2.74 bits per heavy atom. The Balaban J connectivity index is 0.00000192. The zero-order chi connectivity index (χ0) is 15.5. The van der Waals surface area contributed by atoms with Crippen molar-refractivity contribution >= 4 is 28.3 Å². The Bertz CT molecular complexity index is 526. The van der Waals surface area contributed by atoms with Gasteiger partial charge >= 0.3 is 0 Å². The maximum atomic E-state index is 10.1. The lowest BCUT2D eigenvalue weighted by Gasteiger charge is -2.32. The van der Waals surface area contributed by atoms with Gasteiger partial charge in [-0.15, -0.1) is 12.4 Å². The van der Waals surface area contributed by atoms with Crippen molar-refractivity contribution in [2.45, 2.75) is 19.0 Å². The van der Waals surface area contributed by atoms with Gasteiger partial charge in [0.25, 0.3) is 0 Å². The van der Waals surface area contributed by atoms with E-state index in [9.17, 15) is 5.11 Å². The van der Waals surface area contributed by atoms with Crippen molar-refractivity contribution in [1.29, 1.82) is 0 Å². The summed E-state index contributed by atoms with van der Waals surface area (Å²) in [5.41, 5.74) is 1.11. The third-order valence-electron chi connectivity index (χ3n) is 4.69. The number of nitrogens with one attached hydrogen (secondary N) is 1. The quantitative estimate of drug-likeness (QED) is 0.801. The van der Waals surface area contributed by atoms with Crippen LogP contribution in [0.5, 0.6) is 11.5 Å². The molecule has 0 bridgehead atoms. The monoisotopic (exact) mass is 405 g/mol. The van der Waals surface area contributed by atoms with Crippen molar-refractivity contribution in [3.8, 4) is 11.5 Å². The molecule has 2 aliphatic rings. The molecule has 2 heterocycles. The highest BCUT2D eigenvalue weighted by Crippen LogP contribution is 2.37. The summed E-state index contributed by atoms with van der Waals surface area (Å²) < 4.78 is 5.89. The van der Waals surface area contributed by atoms with E-state index in [4.69, 9.17) is 4.74 Å². The smallest absolute Gasteiger partial charge is 0.172 e. The summed E-state index contributed by atoms with van der Waals surface area (Å²) in [5, 5.41) is 13.5. The molecule has 7 heteroatoms. The topological polar surface area (TPSA) is 48.0 Å². The molecule has 3 rings (SSSR count). The number of halogens is 2. The molecule has 2 aliphatic heterocycles. The largest absolute Gasteiger partial charge is 0.503 e. The second kappa shape index (κ2) is 8.53. The lowest BCUT2D eigenvalue weighted by atomic mass is 10.2. The summed E-state index contributed by atoms with van der Waals surface area (Å²) in [4.78, 5) is 5.08. The van der Waals surface area contributed by atoms with E-state index in [1.165, 1.54) is 6.42 Å². The molecule has 0 radical (unpaired) electrons. The van der Waals surface area contributed by atoms with Crippen LogP contribution < -0.4 is 10.1 Å². The van der Waals surface area contributed by atoms with Crippen LogP contribution in [-0.2, 0) is 6.54 Å². The molecule has 0 aliphatic carbocycles. The number of methoxy groups -OCH3 is 1. The second-order valence-electron chi connectivity index (χ2n) is 6.05. The molecule has 1 unspecified atom stereocenters. The normalized spacial score (nSPS) is 22.8. The summed E-state index contributed by atoms with van der Waals surface area (Å²) in [6.07, 6.45) is 1.24. The van der Waals surface area contributed by atoms with Crippen LogP contribution in [0.1, 0.15) is 12.0 Å². The average Bonchev–Trinajstić information content (AvgIpc) is 3.02. The molecular weight excluding hydrogens is 382 g/mol. The van der Waals surface area contributed by atoms with Gasteiger partial charge in [-0.1, -0.05) is 6.07 Å². The Labute approximate surface area is 152 Å². The number of phenolic OH excluding ortho intramolecular Hbond substituents is 1. The molecular formula is C16H25BrClN3O2. The van der Waals surface area contributed by atoms with Crippen LogP contribution in [0.4, 0.5) is 0 Å². The number of hydrogen-bond acceptors (Lipinski definition) is 5. The zero-order valence-corrected chi connectivity index (χ0v) is 15.8. The number of piperazine rings is 1. The maximum absolute atomic E-state index is 10.1. The van der Waals surface area contributed by atoms with Gasteiger partial charge in [0.05, 0.1) is 11.6 Å². The fraction of sp³-hybridized carbons (Fsp3) is 0.625. The van der Waals surface area contributed by atoms with Crippen LogP contribution in [0.15, 0.2) is 16.6 Å². The molecule has 23 heavy (non-hydrogen) atoms. The van der Waals surface area contributed by atoms with E-state index in [1.807, 2.05) is 12.1 Å². The van der Waals surface area contributed by atoms with Gasteiger partial charge in [0.15, 0.2) is 11.5 Å². The van der Waals surface area contributed by atoms with E-state index in [1.54, 1.807) is 7.11 Å². The predicted octanol–water partition coefficient (Wildman–Crippen LogP) is 2.06. The van der Waals surface area contributed by atoms with E-state index in [2.05, 4.69) is 31.0 Å². The summed E-state index contributed by atoms with van der Waals surface area (Å²) >= 11 is 3.50. The lowest BCUT2D eigenvalue weighted by molar-refractivity contribution is 0.170. The van der Waals surface area contributed by atoms with Gasteiger partial charge in [-0.3, -0.25) is 9.80 Å². The van der Waals surface area contributed by atoms with Crippen molar-refractivity contribution in [3.05, 3.63) is 22.2 Å². The number of nitrogens with zero attached hydrogens (tertiary/aromatic N) is 2. The molecule has 1 aromatic carbocycles. The first-order chi connectivity index (χ1) is 10.7. The third kappa shape index (κ3) is 4.31. The zero-order valence-electron chi connectivity index (χ0n) is 13.4. The molecule has 0 aromatic heterocycles. The first-order valence-electron chi connectivity index (χ1n) is 7.90. The van der Waals surface area contributed by atoms with Gasteiger partial charge in [0.2, 0.25) is 0 Å². The highest BCUT2D eigenvalue weighted by Gasteiger charge is 2.28. The van der Waals surface area contributed by atoms with Crippen LogP contribution >= 0.6 is 28.3 Å². The Hall–Kier alpha value is -0.530. The predicted molar refractivity (Wildman–Crippen MR) is 97.7 cm³/mol. The lowest BCUT2D eigenvalue weighted by Crippen LogP contribution is -2.49. The van der Waals surface area contributed by atoms with Crippen LogP contribution in [0.2, 0.25) is 0 Å². The third-order valence-corrected chi connectivity index (χ3v) is 5.57. The fourth-order valence-electron chi connectivity index (χ4n) is 3.42. The van der Waals surface area contributed by atoms with Gasteiger partial charge in [-0.2, -0.15) is 0 Å². The van der Waals surface area contributed by atoms with E-state index in [0.29, 0.717) is 11.8 Å². The SMILES string of the molecule is COc1ccc(CN2CCC(N3CCNCC3)C2)c(Br)c1O.Cl. The first-order valence-corrected chi connectivity index (χ1v) is 8.70. The van der Waals surface area contributed by atoms with Crippen LogP contribution in [0.3, 0.4) is 0 Å². The molecule has 0 amide bonds. The highest BCUT2D eigenvalue weighted by atomic mass is 79.9. The van der Waals surface area contributed by atoms with Crippen molar-refractivity contribution in [3.63, 3.8) is 0 Å². The number of hydrogen-bond donors (Lipinski definition) is 2. The van der Waals surface area contributed by atoms with Gasteiger partial charge in [0, 0.05) is 51.9 Å². The van der Waals surface area contributed by atoms with Crippen molar-refractivity contribution < 1.29 is 9.84 Å². The van der Waals surface area contributed by atoms with Crippen molar-refractivity contribution in [1.82, 2.24) is 15.1 Å². The molecule has 5 nitrogen and oxygen atoms in total. The number of benzene rings is 1. The fourth-order valence-corrected chi connectivity index (χ4v) is 3.87. The summed E-state index contributed by atoms with van der Waals surface area (Å²) in [6.45, 7) is 7.62. The number of phenols is 1. The highest BCUT2D eigenvalue weighted by molar-refractivity contribution is 9.10. The molecule has 2 fully saturated rings. The minimum atomic E-state index is 0. The second-order valence-corrected chi connectivity index (χ2v) is 6.85. The van der Waals surface area contributed by atoms with Gasteiger partial charge < -0.3 is 15.2 Å². The summed E-state index contributed by atoms with van der Waals surface area (Å²) in [6, 6.07) is 4.53. The molecule has 2 N–H and O–H groups in total. The molecule has 2 saturated heterocycles.